The number of fused-ring (bicyclic) bond motifs is 5. The Labute approximate surface area is 166 Å². The normalized spacial score (nSPS) is 44.4. The van der Waals surface area contributed by atoms with Crippen molar-refractivity contribution in [1.29, 1.82) is 0 Å². The van der Waals surface area contributed by atoms with Crippen LogP contribution in [0.25, 0.3) is 0 Å². The summed E-state index contributed by atoms with van der Waals surface area (Å²) in [5, 5.41) is 0. The molecule has 6 nitrogen and oxygen atoms in total. The highest BCUT2D eigenvalue weighted by Crippen LogP contribution is 2.67. The number of carbonyl (C=O) groups is 1. The summed E-state index contributed by atoms with van der Waals surface area (Å²) >= 11 is 0. The van der Waals surface area contributed by atoms with Gasteiger partial charge in [-0.25, -0.2) is 4.79 Å². The Morgan fingerprint density at radius 2 is 2.14 bits per heavy atom. The summed E-state index contributed by atoms with van der Waals surface area (Å²) in [6.45, 7) is 7.87. The van der Waals surface area contributed by atoms with E-state index in [0.29, 0.717) is 5.76 Å². The van der Waals surface area contributed by atoms with E-state index in [1.807, 2.05) is 6.08 Å². The first-order valence-corrected chi connectivity index (χ1v) is 10.3. The molecule has 2 fully saturated rings. The lowest BCUT2D eigenvalue weighted by atomic mass is 9.44. The Morgan fingerprint density at radius 3 is 2.86 bits per heavy atom. The summed E-state index contributed by atoms with van der Waals surface area (Å²) in [6.07, 6.45) is 5.33. The molecule has 5 rings (SSSR count). The average Bonchev–Trinajstić information content (AvgIpc) is 3.30. The van der Waals surface area contributed by atoms with Gasteiger partial charge in [-0.2, -0.15) is 0 Å². The van der Waals surface area contributed by atoms with E-state index in [4.69, 9.17) is 18.9 Å². The van der Waals surface area contributed by atoms with E-state index in [2.05, 4.69) is 38.8 Å². The molecule has 6 atom stereocenters. The predicted molar refractivity (Wildman–Crippen MR) is 102 cm³/mol. The number of hydrogen-bond donors (Lipinski definition) is 0. The van der Waals surface area contributed by atoms with Crippen LogP contribution in [0.15, 0.2) is 34.8 Å². The smallest absolute Gasteiger partial charge is 0.335 e. The molecule has 3 heterocycles. The van der Waals surface area contributed by atoms with Crippen LogP contribution >= 0.6 is 0 Å². The first-order chi connectivity index (χ1) is 13.4. The number of nitrogens with zero attached hydrogens (tertiary/aromatic N) is 1. The molecule has 2 saturated heterocycles. The van der Waals surface area contributed by atoms with Crippen molar-refractivity contribution in [3.63, 3.8) is 0 Å². The van der Waals surface area contributed by atoms with Gasteiger partial charge in [0.15, 0.2) is 5.76 Å². The molecule has 0 amide bonds. The minimum Gasteiger partial charge on any atom is -0.458 e. The Kier molecular flexibility index (Phi) is 3.82. The molecule has 2 aliphatic carbocycles. The zero-order chi connectivity index (χ0) is 19.8. The van der Waals surface area contributed by atoms with Crippen molar-refractivity contribution < 1.29 is 23.7 Å². The summed E-state index contributed by atoms with van der Waals surface area (Å²) in [4.78, 5) is 15.7. The molecule has 28 heavy (non-hydrogen) atoms. The Balaban J connectivity index is 1.78. The highest BCUT2D eigenvalue weighted by atomic mass is 16.7. The summed E-state index contributed by atoms with van der Waals surface area (Å²) in [7, 11) is 3.88. The molecular formula is C22H29NO5. The Bertz CT molecular complexity index is 829. The molecule has 6 heteroatoms. The lowest BCUT2D eigenvalue weighted by molar-refractivity contribution is -0.209. The second kappa shape index (κ2) is 5.86. The third-order valence-electron chi connectivity index (χ3n) is 8.19. The standard InChI is InChI=1S/C22H29NO5/c1-6-22-12(2)17-15(26-11-27-17)10-14(22)20(24)28-19-16(25-5)9-13-7-8-23(4)18(13)21(19,22)3/h9-10,12,16,18-19H,6-8,11H2,1-5H3/t12?,16-,18+,19+,21-,22?/m1/s1. The highest BCUT2D eigenvalue weighted by Gasteiger charge is 2.71. The molecule has 0 saturated carbocycles. The number of rotatable bonds is 2. The number of carbonyl (C=O) groups excluding carboxylic acids is 1. The number of allylic oxidation sites excluding steroid dienone is 2. The second-order valence-corrected chi connectivity index (χ2v) is 8.92. The Hall–Kier alpha value is -1.79. The lowest BCUT2D eigenvalue weighted by Crippen LogP contribution is -2.70. The third kappa shape index (κ3) is 1.88. The zero-order valence-corrected chi connectivity index (χ0v) is 17.3. The van der Waals surface area contributed by atoms with E-state index in [1.54, 1.807) is 7.11 Å². The average molecular weight is 387 g/mol. The van der Waals surface area contributed by atoms with Gasteiger partial charge in [0.05, 0.1) is 0 Å². The van der Waals surface area contributed by atoms with Gasteiger partial charge in [-0.05, 0) is 26.0 Å². The van der Waals surface area contributed by atoms with E-state index < -0.39 is 5.41 Å². The number of methoxy groups -OCH3 is 1. The van der Waals surface area contributed by atoms with Gasteiger partial charge in [0.2, 0.25) is 6.79 Å². The summed E-state index contributed by atoms with van der Waals surface area (Å²) < 4.78 is 23.5. The first kappa shape index (κ1) is 18.3. The van der Waals surface area contributed by atoms with Crippen LogP contribution < -0.4 is 0 Å². The van der Waals surface area contributed by atoms with Gasteiger partial charge in [-0.3, -0.25) is 4.90 Å². The van der Waals surface area contributed by atoms with E-state index in [0.717, 1.165) is 30.7 Å². The quantitative estimate of drug-likeness (QED) is 0.536. The fourth-order valence-electron chi connectivity index (χ4n) is 7.07. The maximum Gasteiger partial charge on any atom is 0.335 e. The van der Waals surface area contributed by atoms with Gasteiger partial charge in [0.25, 0.3) is 0 Å². The van der Waals surface area contributed by atoms with Crippen LogP contribution in [0.2, 0.25) is 0 Å². The molecule has 0 radical (unpaired) electrons. The van der Waals surface area contributed by atoms with Crippen LogP contribution in [0.3, 0.4) is 0 Å². The maximum atomic E-state index is 13.3. The predicted octanol–water partition coefficient (Wildman–Crippen LogP) is 2.77. The lowest BCUT2D eigenvalue weighted by Gasteiger charge is -2.64. The second-order valence-electron chi connectivity index (χ2n) is 8.92. The highest BCUT2D eigenvalue weighted by molar-refractivity contribution is 5.93. The van der Waals surface area contributed by atoms with Crippen molar-refractivity contribution in [2.24, 2.45) is 16.7 Å². The van der Waals surface area contributed by atoms with Gasteiger partial charge >= 0.3 is 5.97 Å². The van der Waals surface area contributed by atoms with Crippen LogP contribution in [0, 0.1) is 16.7 Å². The van der Waals surface area contributed by atoms with Gasteiger partial charge < -0.3 is 18.9 Å². The number of likely N-dealkylation sites (tertiary alicyclic amines) is 1. The molecule has 0 aromatic heterocycles. The minimum absolute atomic E-state index is 0.0150. The van der Waals surface area contributed by atoms with Crippen molar-refractivity contribution in [3.05, 3.63) is 34.8 Å². The van der Waals surface area contributed by atoms with Crippen molar-refractivity contribution in [2.45, 2.75) is 51.9 Å². The zero-order valence-electron chi connectivity index (χ0n) is 17.3. The summed E-state index contributed by atoms with van der Waals surface area (Å²) in [5.74, 6) is 1.31. The largest absolute Gasteiger partial charge is 0.458 e. The van der Waals surface area contributed by atoms with Crippen molar-refractivity contribution >= 4 is 5.97 Å². The van der Waals surface area contributed by atoms with Gasteiger partial charge in [0.1, 0.15) is 18.0 Å². The maximum absolute atomic E-state index is 13.3. The van der Waals surface area contributed by atoms with Crippen LogP contribution in [0.4, 0.5) is 0 Å². The minimum atomic E-state index is -0.418. The van der Waals surface area contributed by atoms with Crippen molar-refractivity contribution in [2.75, 3.05) is 27.5 Å². The fraction of sp³-hybridized carbons (Fsp3) is 0.682. The molecule has 0 bridgehead atoms. The third-order valence-corrected chi connectivity index (χ3v) is 8.19. The van der Waals surface area contributed by atoms with Crippen LogP contribution in [-0.4, -0.2) is 56.6 Å². The number of likely N-dealkylation sites (N-methyl/N-ethyl adjacent to an activating group) is 1. The number of esters is 1. The molecule has 0 aromatic carbocycles. The van der Waals surface area contributed by atoms with E-state index >= 15 is 0 Å². The SMILES string of the molecule is CCC12C(=CC3=C(OCO3)C1C)C(=O)O[C@H]1[C@H](OC)C=C3CCN(C)[C@@H]3[C@]12C. The van der Waals surface area contributed by atoms with E-state index in [1.165, 1.54) is 5.57 Å². The van der Waals surface area contributed by atoms with Crippen LogP contribution in [0.1, 0.15) is 33.6 Å². The van der Waals surface area contributed by atoms with Gasteiger partial charge in [0, 0.05) is 42.0 Å². The van der Waals surface area contributed by atoms with E-state index in [-0.39, 0.29) is 42.3 Å². The topological polar surface area (TPSA) is 57.2 Å². The molecule has 0 N–H and O–H groups in total. The molecule has 0 aromatic rings. The number of hydrogen-bond acceptors (Lipinski definition) is 6. The number of ether oxygens (including phenoxy) is 4. The van der Waals surface area contributed by atoms with Crippen LogP contribution in [0.5, 0.6) is 0 Å². The summed E-state index contributed by atoms with van der Waals surface area (Å²) in [6, 6.07) is 0.201. The van der Waals surface area contributed by atoms with Crippen LogP contribution in [-0.2, 0) is 23.7 Å². The molecular weight excluding hydrogens is 358 g/mol. The molecule has 0 spiro atoms. The first-order valence-electron chi connectivity index (χ1n) is 10.3. The van der Waals surface area contributed by atoms with Crippen molar-refractivity contribution in [3.8, 4) is 0 Å². The monoisotopic (exact) mass is 387 g/mol. The molecule has 2 unspecified atom stereocenters. The van der Waals surface area contributed by atoms with Crippen molar-refractivity contribution in [1.82, 2.24) is 4.90 Å². The summed E-state index contributed by atoms with van der Waals surface area (Å²) in [5.41, 5.74) is 1.36. The molecule has 3 aliphatic heterocycles. The van der Waals surface area contributed by atoms with E-state index in [9.17, 15) is 4.79 Å². The van der Waals surface area contributed by atoms with Gasteiger partial charge in [-0.15, -0.1) is 0 Å². The Morgan fingerprint density at radius 1 is 1.36 bits per heavy atom. The molecule has 5 aliphatic rings. The van der Waals surface area contributed by atoms with Gasteiger partial charge in [-0.1, -0.05) is 32.4 Å². The fourth-order valence-corrected chi connectivity index (χ4v) is 7.07. The molecule has 152 valence electrons.